The lowest BCUT2D eigenvalue weighted by atomic mass is 10.1. The molecule has 8 nitrogen and oxygen atoms in total. The van der Waals surface area contributed by atoms with E-state index in [-0.39, 0.29) is 30.3 Å². The van der Waals surface area contributed by atoms with Crippen LogP contribution in [0.3, 0.4) is 0 Å². The molecule has 33 heavy (non-hydrogen) atoms. The van der Waals surface area contributed by atoms with Crippen molar-refractivity contribution in [2.45, 2.75) is 13.0 Å². The molecule has 0 bridgehead atoms. The van der Waals surface area contributed by atoms with Crippen molar-refractivity contribution >= 4 is 22.9 Å². The lowest BCUT2D eigenvalue weighted by Gasteiger charge is -2.14. The van der Waals surface area contributed by atoms with Gasteiger partial charge in [0.2, 0.25) is 11.8 Å². The number of carbonyl (C=O) groups excluding carboxylic acids is 1. The Balaban J connectivity index is 1.65. The summed E-state index contributed by atoms with van der Waals surface area (Å²) in [5.74, 6) is 0.186. The third-order valence-electron chi connectivity index (χ3n) is 5.47. The third-order valence-corrected chi connectivity index (χ3v) is 5.47. The smallest absolute Gasteiger partial charge is 0.261 e. The SMILES string of the molecule is COc1ccc(Cn2c(O)c(/C=N/NC(=O)Cc3cccn3C)c3ccccc3c2=O)cc1. The molecule has 168 valence electrons. The molecule has 2 aromatic carbocycles. The predicted octanol–water partition coefficient (Wildman–Crippen LogP) is 2.80. The number of methoxy groups -OCH3 is 1. The Kier molecular flexibility index (Phi) is 6.26. The largest absolute Gasteiger partial charge is 0.497 e. The van der Waals surface area contributed by atoms with Gasteiger partial charge in [0.05, 0.1) is 31.9 Å². The van der Waals surface area contributed by atoms with Crippen LogP contribution in [0.25, 0.3) is 10.8 Å². The molecule has 0 radical (unpaired) electrons. The molecular formula is C25H24N4O4. The van der Waals surface area contributed by atoms with Crippen LogP contribution in [-0.2, 0) is 24.8 Å². The van der Waals surface area contributed by atoms with Crippen LogP contribution in [0.5, 0.6) is 11.6 Å². The van der Waals surface area contributed by atoms with Crippen molar-refractivity contribution in [3.05, 3.63) is 94.0 Å². The van der Waals surface area contributed by atoms with Crippen LogP contribution in [0.4, 0.5) is 0 Å². The fourth-order valence-electron chi connectivity index (χ4n) is 3.65. The average Bonchev–Trinajstić information content (AvgIpc) is 3.23. The first-order valence-corrected chi connectivity index (χ1v) is 10.4. The Morgan fingerprint density at radius 2 is 1.82 bits per heavy atom. The zero-order valence-corrected chi connectivity index (χ0v) is 18.4. The summed E-state index contributed by atoms with van der Waals surface area (Å²) in [5, 5.41) is 16.0. The molecule has 0 unspecified atom stereocenters. The Bertz CT molecular complexity index is 1380. The number of rotatable bonds is 7. The second-order valence-corrected chi connectivity index (χ2v) is 7.60. The van der Waals surface area contributed by atoms with Crippen LogP contribution in [0.1, 0.15) is 16.8 Å². The van der Waals surface area contributed by atoms with Gasteiger partial charge in [0.1, 0.15) is 5.75 Å². The summed E-state index contributed by atoms with van der Waals surface area (Å²) in [6.45, 7) is 0.167. The highest BCUT2D eigenvalue weighted by atomic mass is 16.5. The van der Waals surface area contributed by atoms with E-state index in [1.54, 1.807) is 43.5 Å². The zero-order chi connectivity index (χ0) is 23.4. The maximum Gasteiger partial charge on any atom is 0.261 e. The average molecular weight is 444 g/mol. The molecule has 0 atom stereocenters. The molecule has 0 spiro atoms. The number of amides is 1. The van der Waals surface area contributed by atoms with E-state index in [0.29, 0.717) is 22.1 Å². The van der Waals surface area contributed by atoms with Gasteiger partial charge >= 0.3 is 0 Å². The van der Waals surface area contributed by atoms with Crippen LogP contribution in [-0.4, -0.2) is 33.5 Å². The van der Waals surface area contributed by atoms with Crippen LogP contribution >= 0.6 is 0 Å². The minimum Gasteiger partial charge on any atom is -0.497 e. The highest BCUT2D eigenvalue weighted by molar-refractivity contribution is 6.01. The number of nitrogens with zero attached hydrogens (tertiary/aromatic N) is 3. The second-order valence-electron chi connectivity index (χ2n) is 7.60. The summed E-state index contributed by atoms with van der Waals surface area (Å²) >= 11 is 0. The van der Waals surface area contributed by atoms with Crippen LogP contribution in [0, 0.1) is 0 Å². The van der Waals surface area contributed by atoms with Gasteiger partial charge in [-0.1, -0.05) is 30.3 Å². The van der Waals surface area contributed by atoms with E-state index in [9.17, 15) is 14.7 Å². The maximum atomic E-state index is 13.1. The summed E-state index contributed by atoms with van der Waals surface area (Å²) in [4.78, 5) is 25.3. The monoisotopic (exact) mass is 444 g/mol. The summed E-state index contributed by atoms with van der Waals surface area (Å²) in [5.41, 5.74) is 4.19. The van der Waals surface area contributed by atoms with Crippen molar-refractivity contribution in [2.24, 2.45) is 12.1 Å². The van der Waals surface area contributed by atoms with E-state index in [2.05, 4.69) is 10.5 Å². The van der Waals surface area contributed by atoms with Crippen molar-refractivity contribution in [1.29, 1.82) is 0 Å². The number of hydrogen-bond donors (Lipinski definition) is 2. The molecule has 0 fully saturated rings. The number of nitrogens with one attached hydrogen (secondary N) is 1. The first kappa shape index (κ1) is 21.9. The maximum absolute atomic E-state index is 13.1. The first-order chi connectivity index (χ1) is 16.0. The Labute approximate surface area is 190 Å². The number of carbonyl (C=O) groups is 1. The van der Waals surface area contributed by atoms with E-state index in [1.807, 2.05) is 42.1 Å². The standard InChI is InChI=1S/C25H24N4O4/c1-28-13-5-6-18(28)14-23(30)27-26-15-22-20-7-3-4-8-21(20)24(31)29(25(22)32)16-17-9-11-19(33-2)12-10-17/h3-13,15,32H,14,16H2,1-2H3,(H,27,30)/b26-15+. The number of ether oxygens (including phenoxy) is 1. The molecule has 0 aliphatic heterocycles. The number of pyridine rings is 1. The fourth-order valence-corrected chi connectivity index (χ4v) is 3.65. The van der Waals surface area contributed by atoms with Gasteiger partial charge in [0, 0.05) is 29.7 Å². The molecular weight excluding hydrogens is 420 g/mol. The molecule has 0 aliphatic carbocycles. The third kappa shape index (κ3) is 4.64. The van der Waals surface area contributed by atoms with Crippen LogP contribution in [0.2, 0.25) is 0 Å². The first-order valence-electron chi connectivity index (χ1n) is 10.4. The second kappa shape index (κ2) is 9.44. The molecule has 2 heterocycles. The summed E-state index contributed by atoms with van der Waals surface area (Å²) in [6.07, 6.45) is 3.40. The van der Waals surface area contributed by atoms with E-state index in [4.69, 9.17) is 4.74 Å². The van der Waals surface area contributed by atoms with Crippen molar-refractivity contribution in [3.8, 4) is 11.6 Å². The Morgan fingerprint density at radius 3 is 2.48 bits per heavy atom. The minimum absolute atomic E-state index is 0.167. The van der Waals surface area contributed by atoms with E-state index in [1.165, 1.54) is 10.8 Å². The van der Waals surface area contributed by atoms with Gasteiger partial charge in [-0.3, -0.25) is 14.2 Å². The molecule has 1 amide bonds. The van der Waals surface area contributed by atoms with Gasteiger partial charge < -0.3 is 14.4 Å². The van der Waals surface area contributed by atoms with Crippen molar-refractivity contribution < 1.29 is 14.6 Å². The van der Waals surface area contributed by atoms with Crippen molar-refractivity contribution in [1.82, 2.24) is 14.6 Å². The Morgan fingerprint density at radius 1 is 1.09 bits per heavy atom. The van der Waals surface area contributed by atoms with Crippen molar-refractivity contribution in [2.75, 3.05) is 7.11 Å². The number of aromatic nitrogens is 2. The van der Waals surface area contributed by atoms with Crippen molar-refractivity contribution in [3.63, 3.8) is 0 Å². The molecule has 4 rings (SSSR count). The van der Waals surface area contributed by atoms with E-state index in [0.717, 1.165) is 11.3 Å². The quantitative estimate of drug-likeness (QED) is 0.338. The normalized spacial score (nSPS) is 11.2. The number of benzene rings is 2. The summed E-state index contributed by atoms with van der Waals surface area (Å²) < 4.78 is 8.32. The zero-order valence-electron chi connectivity index (χ0n) is 18.4. The highest BCUT2D eigenvalue weighted by Crippen LogP contribution is 2.24. The van der Waals surface area contributed by atoms with Gasteiger partial charge in [-0.15, -0.1) is 0 Å². The van der Waals surface area contributed by atoms with Gasteiger partial charge in [-0.2, -0.15) is 5.10 Å². The number of aryl methyl sites for hydroxylation is 1. The number of hydrogen-bond acceptors (Lipinski definition) is 5. The Hall–Kier alpha value is -4.33. The number of fused-ring (bicyclic) bond motifs is 1. The predicted molar refractivity (Wildman–Crippen MR) is 127 cm³/mol. The van der Waals surface area contributed by atoms with Gasteiger partial charge in [-0.05, 0) is 35.9 Å². The molecule has 8 heteroatoms. The number of hydrazone groups is 1. The molecule has 4 aromatic rings. The molecule has 0 saturated carbocycles. The lowest BCUT2D eigenvalue weighted by molar-refractivity contribution is -0.120. The van der Waals surface area contributed by atoms with E-state index >= 15 is 0 Å². The molecule has 2 N–H and O–H groups in total. The fraction of sp³-hybridized carbons (Fsp3) is 0.160. The minimum atomic E-state index is -0.316. The molecule has 0 saturated heterocycles. The van der Waals surface area contributed by atoms with Gasteiger partial charge in [0.15, 0.2) is 0 Å². The molecule has 0 aliphatic rings. The topological polar surface area (TPSA) is 97.8 Å². The van der Waals surface area contributed by atoms with Crippen LogP contribution < -0.4 is 15.7 Å². The van der Waals surface area contributed by atoms with E-state index < -0.39 is 0 Å². The van der Waals surface area contributed by atoms with Gasteiger partial charge in [0.25, 0.3) is 5.56 Å². The van der Waals surface area contributed by atoms with Crippen LogP contribution in [0.15, 0.2) is 76.8 Å². The summed E-state index contributed by atoms with van der Waals surface area (Å²) in [6, 6.07) is 18.0. The van der Waals surface area contributed by atoms with Gasteiger partial charge in [-0.25, -0.2) is 5.43 Å². The summed E-state index contributed by atoms with van der Waals surface area (Å²) in [7, 11) is 3.45. The molecule has 2 aromatic heterocycles. The lowest BCUT2D eigenvalue weighted by Crippen LogP contribution is -2.23. The number of aromatic hydroxyl groups is 1. The highest BCUT2D eigenvalue weighted by Gasteiger charge is 2.15.